The standard InChI is InChI=1S/C11H11F3N2O2S/c12-11(13,14)9-7(3-4-8(17)18)19-10(15-9)16-5-1-2-6-16/h3-4H,1-2,5-6H2,(H,17,18)/b4-3+. The van der Waals surface area contributed by atoms with Gasteiger partial charge in [0.2, 0.25) is 0 Å². The molecule has 0 atom stereocenters. The molecule has 2 heterocycles. The van der Waals surface area contributed by atoms with Crippen LogP contribution in [0.4, 0.5) is 18.3 Å². The van der Waals surface area contributed by atoms with Crippen LogP contribution in [0.15, 0.2) is 6.08 Å². The van der Waals surface area contributed by atoms with Crippen molar-refractivity contribution in [2.24, 2.45) is 0 Å². The van der Waals surface area contributed by atoms with Gasteiger partial charge in [0, 0.05) is 19.2 Å². The average molecular weight is 292 g/mol. The van der Waals surface area contributed by atoms with Crippen LogP contribution in [0.5, 0.6) is 0 Å². The van der Waals surface area contributed by atoms with Crippen molar-refractivity contribution in [1.29, 1.82) is 0 Å². The number of halogens is 3. The topological polar surface area (TPSA) is 53.4 Å². The second-order valence-corrected chi connectivity index (χ2v) is 5.08. The quantitative estimate of drug-likeness (QED) is 0.870. The first kappa shape index (κ1) is 13.9. The minimum Gasteiger partial charge on any atom is -0.478 e. The lowest BCUT2D eigenvalue weighted by Crippen LogP contribution is -2.17. The Morgan fingerprint density at radius 2 is 2.00 bits per heavy atom. The highest BCUT2D eigenvalue weighted by molar-refractivity contribution is 7.16. The summed E-state index contributed by atoms with van der Waals surface area (Å²) in [5.74, 6) is -1.29. The molecule has 1 aliphatic rings. The van der Waals surface area contributed by atoms with E-state index >= 15 is 0 Å². The van der Waals surface area contributed by atoms with Crippen LogP contribution >= 0.6 is 11.3 Å². The van der Waals surface area contributed by atoms with Crippen LogP contribution in [0, 0.1) is 0 Å². The van der Waals surface area contributed by atoms with Gasteiger partial charge in [-0.05, 0) is 18.9 Å². The molecule has 1 saturated heterocycles. The molecule has 4 nitrogen and oxygen atoms in total. The molecule has 0 radical (unpaired) electrons. The monoisotopic (exact) mass is 292 g/mol. The van der Waals surface area contributed by atoms with Crippen LogP contribution in [-0.4, -0.2) is 29.1 Å². The fourth-order valence-electron chi connectivity index (χ4n) is 1.83. The molecule has 1 aromatic rings. The third-order valence-corrected chi connectivity index (χ3v) is 3.75. The Morgan fingerprint density at radius 1 is 1.37 bits per heavy atom. The fraction of sp³-hybridized carbons (Fsp3) is 0.455. The zero-order valence-electron chi connectivity index (χ0n) is 9.78. The van der Waals surface area contributed by atoms with Crippen LogP contribution in [0.1, 0.15) is 23.4 Å². The highest BCUT2D eigenvalue weighted by Crippen LogP contribution is 2.38. The number of aliphatic carboxylic acids is 1. The van der Waals surface area contributed by atoms with E-state index in [0.717, 1.165) is 30.3 Å². The number of rotatable bonds is 3. The van der Waals surface area contributed by atoms with Gasteiger partial charge in [-0.15, -0.1) is 0 Å². The van der Waals surface area contributed by atoms with E-state index in [1.807, 2.05) is 0 Å². The van der Waals surface area contributed by atoms with E-state index in [1.54, 1.807) is 4.90 Å². The van der Waals surface area contributed by atoms with Gasteiger partial charge in [-0.2, -0.15) is 13.2 Å². The Hall–Kier alpha value is -1.57. The molecule has 1 fully saturated rings. The van der Waals surface area contributed by atoms with Gasteiger partial charge in [0.1, 0.15) is 0 Å². The van der Waals surface area contributed by atoms with Crippen molar-refractivity contribution in [3.63, 3.8) is 0 Å². The maximum atomic E-state index is 12.8. The molecule has 0 bridgehead atoms. The van der Waals surface area contributed by atoms with Crippen molar-refractivity contribution in [2.45, 2.75) is 19.0 Å². The molecule has 0 aromatic carbocycles. The lowest BCUT2D eigenvalue weighted by Gasteiger charge is -2.12. The minimum absolute atomic E-state index is 0.170. The molecular weight excluding hydrogens is 281 g/mol. The summed E-state index contributed by atoms with van der Waals surface area (Å²) in [4.78, 5) is 15.6. The molecule has 0 amide bonds. The van der Waals surface area contributed by atoms with E-state index in [2.05, 4.69) is 4.98 Å². The number of carboxylic acids is 1. The largest absolute Gasteiger partial charge is 0.478 e. The van der Waals surface area contributed by atoms with E-state index in [4.69, 9.17) is 5.11 Å². The lowest BCUT2D eigenvalue weighted by molar-refractivity contribution is -0.140. The molecule has 1 aliphatic heterocycles. The fourth-order valence-corrected chi connectivity index (χ4v) is 2.87. The second-order valence-electron chi connectivity index (χ2n) is 4.07. The first-order chi connectivity index (χ1) is 8.88. The predicted molar refractivity (Wildman–Crippen MR) is 65.2 cm³/mol. The Balaban J connectivity index is 2.36. The molecule has 19 heavy (non-hydrogen) atoms. The number of carboxylic acid groups (broad SMARTS) is 1. The Labute approximate surface area is 111 Å². The number of hydrogen-bond donors (Lipinski definition) is 1. The predicted octanol–water partition coefficient (Wildman–Crippen LogP) is 2.86. The van der Waals surface area contributed by atoms with Crippen LogP contribution in [-0.2, 0) is 11.0 Å². The van der Waals surface area contributed by atoms with E-state index in [0.29, 0.717) is 24.3 Å². The number of alkyl halides is 3. The molecule has 0 saturated carbocycles. The first-order valence-corrected chi connectivity index (χ1v) is 6.43. The van der Waals surface area contributed by atoms with Gasteiger partial charge in [-0.3, -0.25) is 0 Å². The number of thiazole rings is 1. The first-order valence-electron chi connectivity index (χ1n) is 5.62. The molecular formula is C11H11F3N2O2S. The SMILES string of the molecule is O=C(O)/C=C/c1sc(N2CCCC2)nc1C(F)(F)F. The van der Waals surface area contributed by atoms with Gasteiger partial charge in [-0.1, -0.05) is 11.3 Å². The van der Waals surface area contributed by atoms with Crippen molar-refractivity contribution in [3.8, 4) is 0 Å². The van der Waals surface area contributed by atoms with Gasteiger partial charge < -0.3 is 10.0 Å². The van der Waals surface area contributed by atoms with Crippen molar-refractivity contribution in [3.05, 3.63) is 16.6 Å². The summed E-state index contributed by atoms with van der Waals surface area (Å²) in [5.41, 5.74) is -1.02. The van der Waals surface area contributed by atoms with Gasteiger partial charge in [-0.25, -0.2) is 9.78 Å². The number of nitrogens with zero attached hydrogens (tertiary/aromatic N) is 2. The van der Waals surface area contributed by atoms with Crippen LogP contribution in [0.2, 0.25) is 0 Å². The van der Waals surface area contributed by atoms with Gasteiger partial charge in [0.25, 0.3) is 0 Å². The minimum atomic E-state index is -4.58. The van der Waals surface area contributed by atoms with Gasteiger partial charge >= 0.3 is 12.1 Å². The van der Waals surface area contributed by atoms with Crippen molar-refractivity contribution >= 4 is 28.5 Å². The van der Waals surface area contributed by atoms with Crippen LogP contribution in [0.25, 0.3) is 6.08 Å². The molecule has 0 unspecified atom stereocenters. The molecule has 0 spiro atoms. The van der Waals surface area contributed by atoms with E-state index < -0.39 is 17.8 Å². The number of anilines is 1. The van der Waals surface area contributed by atoms with Crippen LogP contribution in [0.3, 0.4) is 0 Å². The Bertz CT molecular complexity index is 505. The number of carbonyl (C=O) groups is 1. The number of hydrogen-bond acceptors (Lipinski definition) is 4. The van der Waals surface area contributed by atoms with Crippen molar-refractivity contribution in [2.75, 3.05) is 18.0 Å². The third-order valence-electron chi connectivity index (χ3n) is 2.66. The second kappa shape index (κ2) is 5.20. The summed E-state index contributed by atoms with van der Waals surface area (Å²) in [7, 11) is 0. The summed E-state index contributed by atoms with van der Waals surface area (Å²) >= 11 is 0.870. The van der Waals surface area contributed by atoms with E-state index in [9.17, 15) is 18.0 Å². The maximum Gasteiger partial charge on any atom is 0.434 e. The number of aromatic nitrogens is 1. The van der Waals surface area contributed by atoms with E-state index in [1.165, 1.54) is 0 Å². The summed E-state index contributed by atoms with van der Waals surface area (Å²) in [6, 6.07) is 0. The Morgan fingerprint density at radius 3 is 2.53 bits per heavy atom. The van der Waals surface area contributed by atoms with Gasteiger partial charge in [0.05, 0.1) is 4.88 Å². The summed E-state index contributed by atoms with van der Waals surface area (Å²) in [5, 5.41) is 8.79. The molecule has 104 valence electrons. The highest BCUT2D eigenvalue weighted by Gasteiger charge is 2.37. The summed E-state index contributed by atoms with van der Waals surface area (Å²) in [6.07, 6.45) is -1.08. The van der Waals surface area contributed by atoms with Crippen molar-refractivity contribution in [1.82, 2.24) is 4.98 Å². The average Bonchev–Trinajstić information content (AvgIpc) is 2.94. The third kappa shape index (κ3) is 3.25. The normalized spacial score (nSPS) is 16.5. The smallest absolute Gasteiger partial charge is 0.434 e. The maximum absolute atomic E-state index is 12.8. The molecule has 1 aromatic heterocycles. The van der Waals surface area contributed by atoms with Crippen LogP contribution < -0.4 is 4.90 Å². The highest BCUT2D eigenvalue weighted by atomic mass is 32.1. The molecule has 8 heteroatoms. The molecule has 1 N–H and O–H groups in total. The zero-order chi connectivity index (χ0) is 14.0. The summed E-state index contributed by atoms with van der Waals surface area (Å²) in [6.45, 7) is 1.37. The Kier molecular flexibility index (Phi) is 3.79. The zero-order valence-corrected chi connectivity index (χ0v) is 10.6. The van der Waals surface area contributed by atoms with E-state index in [-0.39, 0.29) is 4.88 Å². The molecule has 2 rings (SSSR count). The van der Waals surface area contributed by atoms with Gasteiger partial charge in [0.15, 0.2) is 10.8 Å². The summed E-state index contributed by atoms with van der Waals surface area (Å²) < 4.78 is 38.5. The van der Waals surface area contributed by atoms with Crippen molar-refractivity contribution < 1.29 is 23.1 Å². The molecule has 0 aliphatic carbocycles. The lowest BCUT2D eigenvalue weighted by atomic mass is 10.3.